The molecular weight excluding hydrogens is 329 g/mol. The van der Waals surface area contributed by atoms with Crippen LogP contribution in [0.3, 0.4) is 0 Å². The number of hydrogen-bond acceptors (Lipinski definition) is 2. The van der Waals surface area contributed by atoms with Crippen LogP contribution in [0.4, 0.5) is 0 Å². The summed E-state index contributed by atoms with van der Waals surface area (Å²) >= 11 is 0. The average Bonchev–Trinajstić information content (AvgIpc) is 2.14. The first-order valence-corrected chi connectivity index (χ1v) is 5.21. The Labute approximate surface area is 119 Å². The van der Waals surface area contributed by atoms with E-state index < -0.39 is 0 Å². The first-order valence-electron chi connectivity index (χ1n) is 5.21. The van der Waals surface area contributed by atoms with Gasteiger partial charge in [-0.3, -0.25) is 0 Å². The third-order valence-corrected chi connectivity index (χ3v) is 1.82. The number of aliphatic imine (C=N–C) groups is 1. The molecule has 0 aromatic heterocycles. The third kappa shape index (κ3) is 6.35. The molecule has 0 aliphatic carbocycles. The van der Waals surface area contributed by atoms with Crippen LogP contribution in [0, 0.1) is 0 Å². The fourth-order valence-electron chi connectivity index (χ4n) is 1.24. The van der Waals surface area contributed by atoms with Gasteiger partial charge in [0.2, 0.25) is 0 Å². The van der Waals surface area contributed by atoms with Gasteiger partial charge in [0.05, 0.1) is 6.54 Å². The second-order valence-corrected chi connectivity index (χ2v) is 4.56. The van der Waals surface area contributed by atoms with E-state index in [2.05, 4.69) is 4.99 Å². The minimum atomic E-state index is -0.228. The lowest BCUT2D eigenvalue weighted by atomic mass is 10.1. The van der Waals surface area contributed by atoms with Gasteiger partial charge in [-0.2, -0.15) is 0 Å². The number of guanidine groups is 1. The molecule has 0 spiro atoms. The maximum atomic E-state index is 5.81. The Morgan fingerprint density at radius 1 is 1.24 bits per heavy atom. The molecule has 4 nitrogen and oxygen atoms in total. The first-order chi connectivity index (χ1) is 7.38. The Morgan fingerprint density at radius 2 is 1.82 bits per heavy atom. The average molecular weight is 349 g/mol. The van der Waals surface area contributed by atoms with Crippen molar-refractivity contribution in [1.29, 1.82) is 0 Å². The van der Waals surface area contributed by atoms with Crippen molar-refractivity contribution in [2.75, 3.05) is 0 Å². The highest BCUT2D eigenvalue weighted by Gasteiger charge is 2.13. The predicted octanol–water partition coefficient (Wildman–Crippen LogP) is 2.26. The van der Waals surface area contributed by atoms with Crippen molar-refractivity contribution in [2.24, 2.45) is 16.5 Å². The van der Waals surface area contributed by atoms with Gasteiger partial charge in [0.1, 0.15) is 11.4 Å². The minimum Gasteiger partial charge on any atom is -0.488 e. The summed E-state index contributed by atoms with van der Waals surface area (Å²) in [4.78, 5) is 3.98. The summed E-state index contributed by atoms with van der Waals surface area (Å²) in [7, 11) is 0. The van der Waals surface area contributed by atoms with Crippen molar-refractivity contribution in [1.82, 2.24) is 0 Å². The van der Waals surface area contributed by atoms with E-state index in [0.717, 1.165) is 11.3 Å². The smallest absolute Gasteiger partial charge is 0.186 e. The van der Waals surface area contributed by atoms with Crippen LogP contribution in [0.15, 0.2) is 29.3 Å². The van der Waals surface area contributed by atoms with E-state index in [1.165, 1.54) is 0 Å². The number of nitrogens with zero attached hydrogens (tertiary/aromatic N) is 1. The lowest BCUT2D eigenvalue weighted by Gasteiger charge is -2.22. The zero-order valence-electron chi connectivity index (χ0n) is 10.4. The quantitative estimate of drug-likeness (QED) is 0.499. The maximum Gasteiger partial charge on any atom is 0.186 e. The summed E-state index contributed by atoms with van der Waals surface area (Å²) in [6.07, 6.45) is 0. The van der Waals surface area contributed by atoms with Gasteiger partial charge in [0.25, 0.3) is 0 Å². The molecule has 4 N–H and O–H groups in total. The highest BCUT2D eigenvalue weighted by atomic mass is 127. The van der Waals surface area contributed by atoms with Crippen LogP contribution in [-0.4, -0.2) is 11.6 Å². The van der Waals surface area contributed by atoms with Crippen LogP contribution >= 0.6 is 24.0 Å². The van der Waals surface area contributed by atoms with E-state index in [1.54, 1.807) is 0 Å². The highest BCUT2D eigenvalue weighted by molar-refractivity contribution is 14.0. The molecule has 0 aliphatic rings. The van der Waals surface area contributed by atoms with Gasteiger partial charge in [0, 0.05) is 5.56 Å². The zero-order valence-corrected chi connectivity index (χ0v) is 12.8. The van der Waals surface area contributed by atoms with E-state index in [0.29, 0.717) is 6.54 Å². The van der Waals surface area contributed by atoms with Crippen molar-refractivity contribution < 1.29 is 4.74 Å². The van der Waals surface area contributed by atoms with E-state index in [1.807, 2.05) is 45.0 Å². The minimum absolute atomic E-state index is 0. The summed E-state index contributed by atoms with van der Waals surface area (Å²) in [6, 6.07) is 7.74. The fourth-order valence-corrected chi connectivity index (χ4v) is 1.24. The molecule has 5 heteroatoms. The maximum absolute atomic E-state index is 5.81. The molecule has 0 aliphatic heterocycles. The molecule has 0 saturated heterocycles. The summed E-state index contributed by atoms with van der Waals surface area (Å²) in [6.45, 7) is 6.45. The molecule has 0 amide bonds. The van der Waals surface area contributed by atoms with Crippen LogP contribution in [0.2, 0.25) is 0 Å². The Morgan fingerprint density at radius 3 is 2.35 bits per heavy atom. The van der Waals surface area contributed by atoms with Crippen molar-refractivity contribution >= 4 is 29.9 Å². The standard InChI is InChI=1S/C12H19N3O.HI/c1-12(2,3)16-10-7-5-4-6-9(10)8-15-11(13)14;/h4-7H,8H2,1-3H3,(H4,13,14,15);1H. The molecule has 0 unspecified atom stereocenters. The number of benzene rings is 1. The second kappa shape index (κ2) is 6.68. The molecular formula is C12H20IN3O. The fraction of sp³-hybridized carbons (Fsp3) is 0.417. The van der Waals surface area contributed by atoms with Crippen LogP contribution in [0.25, 0.3) is 0 Å². The van der Waals surface area contributed by atoms with Gasteiger partial charge in [0.15, 0.2) is 5.96 Å². The summed E-state index contributed by atoms with van der Waals surface area (Å²) in [5.74, 6) is 0.908. The van der Waals surface area contributed by atoms with Crippen LogP contribution in [0.5, 0.6) is 5.75 Å². The molecule has 0 heterocycles. The lowest BCUT2D eigenvalue weighted by molar-refractivity contribution is 0.129. The van der Waals surface area contributed by atoms with Gasteiger partial charge in [-0.05, 0) is 26.8 Å². The highest BCUT2D eigenvalue weighted by Crippen LogP contribution is 2.23. The Kier molecular flexibility index (Phi) is 6.30. The first kappa shape index (κ1) is 16.0. The van der Waals surface area contributed by atoms with Gasteiger partial charge >= 0.3 is 0 Å². The van der Waals surface area contributed by atoms with Crippen LogP contribution in [0.1, 0.15) is 26.3 Å². The Hall–Kier alpha value is -0.980. The van der Waals surface area contributed by atoms with E-state index in [-0.39, 0.29) is 35.5 Å². The second-order valence-electron chi connectivity index (χ2n) is 4.56. The molecule has 96 valence electrons. The van der Waals surface area contributed by atoms with Gasteiger partial charge < -0.3 is 16.2 Å². The molecule has 1 aromatic rings. The zero-order chi connectivity index (χ0) is 12.2. The molecule has 1 aromatic carbocycles. The van der Waals surface area contributed by atoms with Crippen molar-refractivity contribution in [3.05, 3.63) is 29.8 Å². The predicted molar refractivity (Wildman–Crippen MR) is 81.8 cm³/mol. The SMILES string of the molecule is CC(C)(C)Oc1ccccc1CN=C(N)N.I. The monoisotopic (exact) mass is 349 g/mol. The van der Waals surface area contributed by atoms with Crippen LogP contribution in [-0.2, 0) is 6.54 Å². The van der Waals surface area contributed by atoms with E-state index in [9.17, 15) is 0 Å². The topological polar surface area (TPSA) is 73.6 Å². The number of para-hydroxylation sites is 1. The Balaban J connectivity index is 0.00000256. The molecule has 0 radical (unpaired) electrons. The van der Waals surface area contributed by atoms with Crippen molar-refractivity contribution in [2.45, 2.75) is 32.9 Å². The third-order valence-electron chi connectivity index (χ3n) is 1.82. The van der Waals surface area contributed by atoms with E-state index in [4.69, 9.17) is 16.2 Å². The van der Waals surface area contributed by atoms with Gasteiger partial charge in [-0.25, -0.2) is 4.99 Å². The normalized spacial score (nSPS) is 10.3. The number of nitrogens with two attached hydrogens (primary N) is 2. The molecule has 0 saturated carbocycles. The number of halogens is 1. The lowest BCUT2D eigenvalue weighted by Crippen LogP contribution is -2.24. The van der Waals surface area contributed by atoms with E-state index >= 15 is 0 Å². The molecule has 0 fully saturated rings. The van der Waals surface area contributed by atoms with Crippen molar-refractivity contribution in [3.63, 3.8) is 0 Å². The number of hydrogen-bond donors (Lipinski definition) is 2. The summed E-state index contributed by atoms with van der Waals surface area (Å²) in [5.41, 5.74) is 11.4. The van der Waals surface area contributed by atoms with Crippen molar-refractivity contribution in [3.8, 4) is 5.75 Å². The largest absolute Gasteiger partial charge is 0.488 e. The van der Waals surface area contributed by atoms with Gasteiger partial charge in [-0.1, -0.05) is 18.2 Å². The molecule has 17 heavy (non-hydrogen) atoms. The molecule has 0 bridgehead atoms. The number of rotatable bonds is 3. The van der Waals surface area contributed by atoms with Crippen LogP contribution < -0.4 is 16.2 Å². The number of ether oxygens (including phenoxy) is 1. The molecule has 1 rings (SSSR count). The summed E-state index contributed by atoms with van der Waals surface area (Å²) in [5, 5.41) is 0. The Bertz CT molecular complexity index is 382. The summed E-state index contributed by atoms with van der Waals surface area (Å²) < 4.78 is 5.81. The molecule has 0 atom stereocenters. The van der Waals surface area contributed by atoms with Gasteiger partial charge in [-0.15, -0.1) is 24.0 Å².